The van der Waals surface area contributed by atoms with E-state index in [-0.39, 0.29) is 17.5 Å². The predicted octanol–water partition coefficient (Wildman–Crippen LogP) is 6.83. The molecule has 5 atom stereocenters. The van der Waals surface area contributed by atoms with E-state index in [0.717, 1.165) is 11.1 Å². The molecule has 0 radical (unpaired) electrons. The standard InChI is InChI=1S/C32H23Cl2FN2O3/c33-21-13-7-12-20(14-21)26-28-30(38)40-29(19-10-5-2-6-11-19)27(18-8-3-1-4-9-18)37(28)17-32(26)22-15-24(35)23(34)16-25(22)36-31(32)39/h1-16,26-29H,17H2,(H,36,39)/t26-,27+,28+,29-,32+/m0/s1. The third-order valence-electron chi connectivity index (χ3n) is 8.44. The van der Waals surface area contributed by atoms with Crippen molar-refractivity contribution in [3.8, 4) is 0 Å². The number of morpholine rings is 1. The zero-order valence-corrected chi connectivity index (χ0v) is 22.6. The first-order valence-electron chi connectivity index (χ1n) is 13.0. The lowest BCUT2D eigenvalue weighted by Crippen LogP contribution is -2.49. The molecule has 3 heterocycles. The fourth-order valence-corrected chi connectivity index (χ4v) is 7.20. The number of nitrogens with zero attached hydrogens (tertiary/aromatic N) is 1. The van der Waals surface area contributed by atoms with Crippen LogP contribution in [0.3, 0.4) is 0 Å². The number of fused-ring (bicyclic) bond motifs is 3. The number of hydrogen-bond acceptors (Lipinski definition) is 4. The summed E-state index contributed by atoms with van der Waals surface area (Å²) < 4.78 is 21.3. The molecule has 0 bridgehead atoms. The minimum absolute atomic E-state index is 0.0863. The second kappa shape index (κ2) is 9.44. The number of ether oxygens (including phenoxy) is 1. The van der Waals surface area contributed by atoms with E-state index in [0.29, 0.717) is 21.8 Å². The second-order valence-electron chi connectivity index (χ2n) is 10.5. The molecule has 1 amide bonds. The zero-order chi connectivity index (χ0) is 27.6. The fourth-order valence-electron chi connectivity index (χ4n) is 6.84. The highest BCUT2D eigenvalue weighted by atomic mass is 35.5. The molecule has 1 spiro atoms. The van der Waals surface area contributed by atoms with Gasteiger partial charge in [0.25, 0.3) is 0 Å². The third kappa shape index (κ3) is 3.70. The largest absolute Gasteiger partial charge is 0.454 e. The van der Waals surface area contributed by atoms with Gasteiger partial charge in [0.05, 0.1) is 16.5 Å². The van der Waals surface area contributed by atoms with Crippen molar-refractivity contribution in [3.05, 3.63) is 135 Å². The first-order valence-corrected chi connectivity index (χ1v) is 13.8. The molecule has 200 valence electrons. The third-order valence-corrected chi connectivity index (χ3v) is 8.96. The van der Waals surface area contributed by atoms with Gasteiger partial charge >= 0.3 is 5.97 Å². The van der Waals surface area contributed by atoms with Crippen molar-refractivity contribution < 1.29 is 18.7 Å². The van der Waals surface area contributed by atoms with Crippen molar-refractivity contribution in [2.45, 2.75) is 29.5 Å². The Morgan fingerprint density at radius 2 is 1.50 bits per heavy atom. The van der Waals surface area contributed by atoms with E-state index in [9.17, 15) is 9.59 Å². The maximum absolute atomic E-state index is 15.0. The number of carbonyl (C=O) groups is 2. The van der Waals surface area contributed by atoms with Crippen LogP contribution in [0.1, 0.15) is 40.3 Å². The van der Waals surface area contributed by atoms with Crippen LogP contribution in [-0.2, 0) is 19.7 Å². The highest BCUT2D eigenvalue weighted by molar-refractivity contribution is 6.31. The first kappa shape index (κ1) is 25.3. The second-order valence-corrected chi connectivity index (χ2v) is 11.4. The van der Waals surface area contributed by atoms with Crippen molar-refractivity contribution in [2.24, 2.45) is 0 Å². The zero-order valence-electron chi connectivity index (χ0n) is 21.1. The van der Waals surface area contributed by atoms with Crippen molar-refractivity contribution in [1.82, 2.24) is 4.90 Å². The average Bonchev–Trinajstić information content (AvgIpc) is 3.45. The van der Waals surface area contributed by atoms with Crippen LogP contribution in [-0.4, -0.2) is 29.4 Å². The molecule has 40 heavy (non-hydrogen) atoms. The number of esters is 1. The Labute approximate surface area is 240 Å². The molecule has 2 fully saturated rings. The lowest BCUT2D eigenvalue weighted by atomic mass is 9.68. The smallest absolute Gasteiger partial charge is 0.324 e. The van der Waals surface area contributed by atoms with Crippen LogP contribution in [0.15, 0.2) is 97.1 Å². The van der Waals surface area contributed by atoms with Crippen LogP contribution in [0.2, 0.25) is 10.0 Å². The van der Waals surface area contributed by atoms with Crippen LogP contribution < -0.4 is 5.32 Å². The van der Waals surface area contributed by atoms with Crippen LogP contribution in [0, 0.1) is 5.82 Å². The normalized spacial score (nSPS) is 27.3. The maximum atomic E-state index is 15.0. The summed E-state index contributed by atoms with van der Waals surface area (Å²) in [5, 5.41) is 3.32. The van der Waals surface area contributed by atoms with Crippen molar-refractivity contribution in [3.63, 3.8) is 0 Å². The molecule has 3 aliphatic rings. The molecule has 8 heteroatoms. The van der Waals surface area contributed by atoms with Crippen LogP contribution >= 0.6 is 23.2 Å². The van der Waals surface area contributed by atoms with Gasteiger partial charge in [-0.2, -0.15) is 0 Å². The van der Waals surface area contributed by atoms with Gasteiger partial charge in [-0.25, -0.2) is 4.39 Å². The molecule has 7 rings (SSSR count). The Balaban J connectivity index is 1.48. The summed E-state index contributed by atoms with van der Waals surface area (Å²) in [5.41, 5.74) is 2.09. The van der Waals surface area contributed by atoms with Gasteiger partial charge in [0.15, 0.2) is 0 Å². The molecule has 0 unspecified atom stereocenters. The highest BCUT2D eigenvalue weighted by Crippen LogP contribution is 2.59. The number of halogens is 3. The Morgan fingerprint density at radius 3 is 2.20 bits per heavy atom. The number of hydrogen-bond donors (Lipinski definition) is 1. The summed E-state index contributed by atoms with van der Waals surface area (Å²) in [6.45, 7) is 0.159. The van der Waals surface area contributed by atoms with Gasteiger partial charge in [0, 0.05) is 23.2 Å². The van der Waals surface area contributed by atoms with Crippen LogP contribution in [0.4, 0.5) is 10.1 Å². The number of anilines is 1. The Bertz CT molecular complexity index is 1650. The van der Waals surface area contributed by atoms with Gasteiger partial charge in [0.1, 0.15) is 18.0 Å². The van der Waals surface area contributed by atoms with Crippen molar-refractivity contribution in [1.29, 1.82) is 0 Å². The van der Waals surface area contributed by atoms with E-state index in [1.165, 1.54) is 12.1 Å². The number of amides is 1. The molecule has 0 aromatic heterocycles. The molecule has 1 N–H and O–H groups in total. The van der Waals surface area contributed by atoms with Crippen molar-refractivity contribution >= 4 is 40.8 Å². The predicted molar refractivity (Wildman–Crippen MR) is 151 cm³/mol. The Hall–Kier alpha value is -3.71. The van der Waals surface area contributed by atoms with Gasteiger partial charge in [-0.05, 0) is 46.5 Å². The number of cyclic esters (lactones) is 1. The van der Waals surface area contributed by atoms with E-state index in [1.807, 2.05) is 66.7 Å². The Kier molecular flexibility index (Phi) is 5.97. The van der Waals surface area contributed by atoms with Crippen molar-refractivity contribution in [2.75, 3.05) is 11.9 Å². The summed E-state index contributed by atoms with van der Waals surface area (Å²) in [6.07, 6.45) is -0.617. The van der Waals surface area contributed by atoms with Gasteiger partial charge < -0.3 is 10.1 Å². The Morgan fingerprint density at radius 1 is 0.825 bits per heavy atom. The maximum Gasteiger partial charge on any atom is 0.324 e. The SMILES string of the molecule is O=C1O[C@@H](c2ccccc2)[C@@H](c2ccccc2)N2C[C@]3(C(=O)Nc4cc(Cl)c(F)cc43)[C@@H](c3cccc(Cl)c3)[C@H]12. The van der Waals surface area contributed by atoms with E-state index in [4.69, 9.17) is 27.9 Å². The molecule has 0 aliphatic carbocycles. The summed E-state index contributed by atoms with van der Waals surface area (Å²) in [4.78, 5) is 30.2. The van der Waals surface area contributed by atoms with Gasteiger partial charge in [-0.15, -0.1) is 0 Å². The summed E-state index contributed by atoms with van der Waals surface area (Å²) >= 11 is 12.5. The van der Waals surface area contributed by atoms with E-state index >= 15 is 4.39 Å². The highest BCUT2D eigenvalue weighted by Gasteiger charge is 2.67. The molecular weight excluding hydrogens is 550 g/mol. The van der Waals surface area contributed by atoms with Gasteiger partial charge in [0.2, 0.25) is 5.91 Å². The molecule has 3 aliphatic heterocycles. The molecule has 5 nitrogen and oxygen atoms in total. The molecule has 0 saturated carbocycles. The monoisotopic (exact) mass is 572 g/mol. The van der Waals surface area contributed by atoms with Gasteiger partial charge in [-0.3, -0.25) is 14.5 Å². The van der Waals surface area contributed by atoms with Crippen LogP contribution in [0.25, 0.3) is 0 Å². The summed E-state index contributed by atoms with van der Waals surface area (Å²) in [6, 6.07) is 28.1. The molecule has 4 aromatic rings. The van der Waals surface area contributed by atoms with E-state index < -0.39 is 41.3 Å². The number of rotatable bonds is 3. The van der Waals surface area contributed by atoms with E-state index in [2.05, 4.69) is 10.2 Å². The molecule has 2 saturated heterocycles. The summed E-state index contributed by atoms with van der Waals surface area (Å²) in [5.74, 6) is -2.10. The number of carbonyl (C=O) groups excluding carboxylic acids is 2. The fraction of sp³-hybridized carbons (Fsp3) is 0.188. The quantitative estimate of drug-likeness (QED) is 0.273. The minimum atomic E-state index is -1.30. The summed E-state index contributed by atoms with van der Waals surface area (Å²) in [7, 11) is 0. The van der Waals surface area contributed by atoms with Crippen LogP contribution in [0.5, 0.6) is 0 Å². The lowest BCUT2D eigenvalue weighted by molar-refractivity contribution is -0.173. The average molecular weight is 573 g/mol. The number of nitrogens with one attached hydrogen (secondary N) is 1. The topological polar surface area (TPSA) is 58.6 Å². The molecule has 4 aromatic carbocycles. The minimum Gasteiger partial charge on any atom is -0.454 e. The van der Waals surface area contributed by atoms with Gasteiger partial charge in [-0.1, -0.05) is 96.0 Å². The lowest BCUT2D eigenvalue weighted by Gasteiger charge is -2.43. The molecular formula is C32H23Cl2FN2O3. The number of benzene rings is 4. The van der Waals surface area contributed by atoms with E-state index in [1.54, 1.807) is 18.2 Å². The first-order chi connectivity index (χ1) is 19.4.